The molecule has 0 bridgehead atoms. The first kappa shape index (κ1) is 33.5. The summed E-state index contributed by atoms with van der Waals surface area (Å²) in [5, 5.41) is 4.46. The molecule has 1 amide bonds. The minimum atomic E-state index is -0.418. The number of rotatable bonds is 8. The van der Waals surface area contributed by atoms with Gasteiger partial charge in [0.05, 0.1) is 12.6 Å². The van der Waals surface area contributed by atoms with Gasteiger partial charge in [0.2, 0.25) is 5.91 Å². The number of hydrogen-bond acceptors (Lipinski definition) is 7. The van der Waals surface area contributed by atoms with Gasteiger partial charge >= 0.3 is 11.9 Å². The van der Waals surface area contributed by atoms with Crippen LogP contribution in [0.3, 0.4) is 0 Å². The van der Waals surface area contributed by atoms with E-state index in [1.165, 1.54) is 30.5 Å². The number of dihydropyridines is 1. The maximum absolute atomic E-state index is 13.5. The first-order valence-electron chi connectivity index (χ1n) is 15.7. The molecule has 44 heavy (non-hydrogen) atoms. The lowest BCUT2D eigenvalue weighted by Gasteiger charge is -2.42. The zero-order valence-electron chi connectivity index (χ0n) is 25.5. The third kappa shape index (κ3) is 8.28. The van der Waals surface area contributed by atoms with Gasteiger partial charge in [-0.3, -0.25) is 19.3 Å². The predicted molar refractivity (Wildman–Crippen MR) is 177 cm³/mol. The van der Waals surface area contributed by atoms with Crippen LogP contribution in [0.4, 0.5) is 0 Å². The summed E-state index contributed by atoms with van der Waals surface area (Å²) in [5.41, 5.74) is 4.09. The Balaban J connectivity index is 1.17. The summed E-state index contributed by atoms with van der Waals surface area (Å²) in [6, 6.07) is 4.37. The average Bonchev–Trinajstić information content (AvgIpc) is 3.13. The average molecular weight is 756 g/mol. The topological polar surface area (TPSA) is 88.2 Å². The number of amides is 1. The number of allylic oxidation sites excluding steroid dienone is 2. The Hall–Kier alpha value is -1.88. The van der Waals surface area contributed by atoms with Crippen LogP contribution in [-0.4, -0.2) is 72.7 Å². The Morgan fingerprint density at radius 1 is 1.02 bits per heavy atom. The molecule has 240 valence electrons. The van der Waals surface area contributed by atoms with Crippen molar-refractivity contribution < 1.29 is 23.9 Å². The fraction of sp³-hybridized carbons (Fsp3) is 0.606. The van der Waals surface area contributed by atoms with Crippen LogP contribution in [-0.2, 0) is 30.3 Å². The number of nitrogens with one attached hydrogen (secondary N) is 1. The molecule has 4 aliphatic rings. The fourth-order valence-corrected chi connectivity index (χ4v) is 9.02. The SMILES string of the molecule is CC(=O)OCCC(OC(C)=O)N1CCC(CC(=O)N2CCC(C3c4c(Br)cc(Cl)cc4CCC4=CC(Br)=CNC43)CC2)CC1. The van der Waals surface area contributed by atoms with Gasteiger partial charge in [0.1, 0.15) is 0 Å². The van der Waals surface area contributed by atoms with E-state index in [9.17, 15) is 14.4 Å². The largest absolute Gasteiger partial charge is 0.466 e. The van der Waals surface area contributed by atoms with Crippen molar-refractivity contribution >= 4 is 61.3 Å². The number of hydrogen-bond donors (Lipinski definition) is 1. The second-order valence-electron chi connectivity index (χ2n) is 12.5. The molecule has 1 aromatic rings. The second-order valence-corrected chi connectivity index (χ2v) is 14.7. The number of nitrogens with zero attached hydrogens (tertiary/aromatic N) is 2. The van der Waals surface area contributed by atoms with Crippen LogP contribution in [0, 0.1) is 11.8 Å². The zero-order chi connectivity index (χ0) is 31.4. The van der Waals surface area contributed by atoms with Gasteiger partial charge < -0.3 is 19.7 Å². The fourth-order valence-electron chi connectivity index (χ4n) is 7.46. The number of benzene rings is 1. The summed E-state index contributed by atoms with van der Waals surface area (Å²) < 4.78 is 12.7. The number of fused-ring (bicyclic) bond motifs is 2. The van der Waals surface area contributed by atoms with Crippen LogP contribution >= 0.6 is 43.5 Å². The number of esters is 2. The van der Waals surface area contributed by atoms with Gasteiger partial charge in [0.15, 0.2) is 6.23 Å². The van der Waals surface area contributed by atoms with E-state index < -0.39 is 6.23 Å². The molecule has 0 saturated carbocycles. The number of ether oxygens (including phenoxy) is 2. The molecule has 8 nitrogen and oxygen atoms in total. The molecular formula is C33H42Br2ClN3O5. The quantitative estimate of drug-likeness (QED) is 0.306. The summed E-state index contributed by atoms with van der Waals surface area (Å²) in [5.74, 6) is 0.579. The molecule has 1 aliphatic carbocycles. The van der Waals surface area contributed by atoms with Gasteiger partial charge in [-0.15, -0.1) is 0 Å². The smallest absolute Gasteiger partial charge is 0.304 e. The second kappa shape index (κ2) is 15.1. The van der Waals surface area contributed by atoms with Gasteiger partial charge in [-0.1, -0.05) is 27.5 Å². The van der Waals surface area contributed by atoms with Gasteiger partial charge in [-0.25, -0.2) is 0 Å². The van der Waals surface area contributed by atoms with E-state index in [0.29, 0.717) is 24.7 Å². The molecule has 0 radical (unpaired) electrons. The van der Waals surface area contributed by atoms with Crippen LogP contribution in [0.1, 0.15) is 75.8 Å². The Labute approximate surface area is 282 Å². The number of piperidine rings is 2. The Kier molecular flexibility index (Phi) is 11.5. The molecule has 3 heterocycles. The Bertz CT molecular complexity index is 1300. The Morgan fingerprint density at radius 3 is 2.43 bits per heavy atom. The van der Waals surface area contributed by atoms with Crippen molar-refractivity contribution in [3.63, 3.8) is 0 Å². The van der Waals surface area contributed by atoms with E-state index in [0.717, 1.165) is 78.7 Å². The van der Waals surface area contributed by atoms with Crippen LogP contribution < -0.4 is 5.32 Å². The normalized spacial score (nSPS) is 23.7. The van der Waals surface area contributed by atoms with Gasteiger partial charge in [-0.2, -0.15) is 0 Å². The number of carbonyl (C=O) groups is 3. The molecule has 0 spiro atoms. The molecule has 11 heteroatoms. The number of likely N-dealkylation sites (tertiary alicyclic amines) is 2. The van der Waals surface area contributed by atoms with Gasteiger partial charge in [0.25, 0.3) is 0 Å². The first-order valence-corrected chi connectivity index (χ1v) is 17.7. The van der Waals surface area contributed by atoms with E-state index >= 15 is 0 Å². The highest BCUT2D eigenvalue weighted by Crippen LogP contribution is 2.47. The standard InChI is InChI=1S/C33H42Br2ClN3O5/c1-20(40)43-14-9-30(44-21(2)41)39-10-5-22(6-11-39)15-29(42)38-12-7-23(8-13-38)32-31-24(17-27(36)18-28(31)35)3-4-25-16-26(34)19-37-33(25)32/h16-19,22-23,30,32-33,37H,3-15H2,1-2H3. The third-order valence-electron chi connectivity index (χ3n) is 9.57. The predicted octanol–water partition coefficient (Wildman–Crippen LogP) is 6.45. The highest BCUT2D eigenvalue weighted by atomic mass is 79.9. The van der Waals surface area contributed by atoms with Crippen molar-refractivity contribution in [2.45, 2.75) is 83.4 Å². The Morgan fingerprint density at radius 2 is 1.75 bits per heavy atom. The number of carbonyl (C=O) groups excluding carboxylic acids is 3. The van der Waals surface area contributed by atoms with E-state index in [-0.39, 0.29) is 36.4 Å². The zero-order valence-corrected chi connectivity index (χ0v) is 29.4. The molecule has 0 aromatic heterocycles. The molecule has 1 N–H and O–H groups in total. The molecule has 2 saturated heterocycles. The van der Waals surface area contributed by atoms with E-state index in [4.69, 9.17) is 21.1 Å². The molecule has 3 atom stereocenters. The van der Waals surface area contributed by atoms with Crippen molar-refractivity contribution in [3.8, 4) is 0 Å². The highest BCUT2D eigenvalue weighted by Gasteiger charge is 2.40. The number of halogens is 3. The minimum Gasteiger partial charge on any atom is -0.466 e. The summed E-state index contributed by atoms with van der Waals surface area (Å²) in [7, 11) is 0. The van der Waals surface area contributed by atoms with E-state index in [2.05, 4.69) is 65.3 Å². The maximum atomic E-state index is 13.5. The highest BCUT2D eigenvalue weighted by molar-refractivity contribution is 9.12. The van der Waals surface area contributed by atoms with Crippen LogP contribution in [0.25, 0.3) is 0 Å². The number of aryl methyl sites for hydroxylation is 1. The molecule has 1 aromatic carbocycles. The van der Waals surface area contributed by atoms with E-state index in [1.54, 1.807) is 0 Å². The van der Waals surface area contributed by atoms with Crippen molar-refractivity contribution in [3.05, 3.63) is 55.1 Å². The summed E-state index contributed by atoms with van der Waals surface area (Å²) in [4.78, 5) is 40.5. The first-order chi connectivity index (χ1) is 21.1. The lowest BCUT2D eigenvalue weighted by Crippen LogP contribution is -2.46. The van der Waals surface area contributed by atoms with Crippen molar-refractivity contribution in [1.82, 2.24) is 15.1 Å². The van der Waals surface area contributed by atoms with Crippen LogP contribution in [0.2, 0.25) is 5.02 Å². The van der Waals surface area contributed by atoms with Crippen molar-refractivity contribution in [2.75, 3.05) is 32.8 Å². The van der Waals surface area contributed by atoms with E-state index in [1.807, 2.05) is 6.07 Å². The summed E-state index contributed by atoms with van der Waals surface area (Å²) in [6.45, 7) is 6.01. The maximum Gasteiger partial charge on any atom is 0.304 e. The summed E-state index contributed by atoms with van der Waals surface area (Å²) in [6.07, 6.45) is 10.5. The molecule has 3 aliphatic heterocycles. The van der Waals surface area contributed by atoms with Crippen LogP contribution in [0.15, 0.2) is 38.9 Å². The molecule has 5 rings (SSSR count). The lowest BCUT2D eigenvalue weighted by molar-refractivity contribution is -0.161. The molecule has 3 unspecified atom stereocenters. The molecular weight excluding hydrogens is 714 g/mol. The van der Waals surface area contributed by atoms with Crippen LogP contribution in [0.5, 0.6) is 0 Å². The van der Waals surface area contributed by atoms with Gasteiger partial charge in [-0.05, 0) is 101 Å². The molecule has 2 fully saturated rings. The van der Waals surface area contributed by atoms with Gasteiger partial charge in [0, 0.05) is 79.0 Å². The lowest BCUT2D eigenvalue weighted by atomic mass is 9.73. The monoisotopic (exact) mass is 753 g/mol. The minimum absolute atomic E-state index is 0.210. The third-order valence-corrected chi connectivity index (χ3v) is 10.9. The van der Waals surface area contributed by atoms with Crippen molar-refractivity contribution in [1.29, 1.82) is 0 Å². The summed E-state index contributed by atoms with van der Waals surface area (Å²) >= 11 is 14.0. The van der Waals surface area contributed by atoms with Crippen molar-refractivity contribution in [2.24, 2.45) is 11.8 Å².